The molecule has 0 aliphatic carbocycles. The normalized spacial score (nSPS) is 1.50. The van der Waals surface area contributed by atoms with Crippen LogP contribution >= 0.6 is 0 Å². The maximum atomic E-state index is 7.38. The van der Waals surface area contributed by atoms with Crippen LogP contribution in [0.5, 0.6) is 0 Å². The molecular weight excluding hydrogens is 228 g/mol. The largest absolute Gasteiger partial charge is 0 e. The zero-order valence-corrected chi connectivity index (χ0v) is 9.67. The summed E-state index contributed by atoms with van der Waals surface area (Å²) in [5, 5.41) is 7.38. The fourth-order valence-corrected chi connectivity index (χ4v) is 0. The van der Waals surface area contributed by atoms with Crippen LogP contribution in [0.3, 0.4) is 0 Å². The van der Waals surface area contributed by atoms with Crippen molar-refractivity contribution in [1.29, 1.82) is 5.26 Å². The second-order valence-corrected chi connectivity index (χ2v) is 0.822. The number of hydrogen-bond donors (Lipinski definition) is 0. The summed E-state index contributed by atoms with van der Waals surface area (Å²) in [4.78, 5) is 0. The molecule has 6 heavy (non-hydrogen) atoms. The molecule has 0 aliphatic heterocycles. The first-order valence-corrected chi connectivity index (χ1v) is 2.06. The van der Waals surface area contributed by atoms with Crippen molar-refractivity contribution in [1.82, 2.24) is 0 Å². The Morgan fingerprint density at radius 3 is 1.50 bits per heavy atom. The quantitative estimate of drug-likeness (QED) is 0.562. The summed E-state index contributed by atoms with van der Waals surface area (Å²) in [5.41, 5.74) is 0. The van der Waals surface area contributed by atoms with Gasteiger partial charge < -0.3 is 0 Å². The van der Waals surface area contributed by atoms with Crippen molar-refractivity contribution in [3.63, 3.8) is 0 Å². The third-order valence-electron chi connectivity index (χ3n) is 0. The molecule has 0 aliphatic rings. The van der Waals surface area contributed by atoms with Crippen LogP contribution in [0.1, 0.15) is 7.43 Å². The molecule has 0 atom stereocenters. The van der Waals surface area contributed by atoms with E-state index >= 15 is 0 Å². The molecule has 0 aromatic rings. The van der Waals surface area contributed by atoms with Gasteiger partial charge in [0.1, 0.15) is 0 Å². The Labute approximate surface area is 71.5 Å². The molecule has 0 saturated heterocycles. The number of rotatable bonds is 0. The van der Waals surface area contributed by atoms with Gasteiger partial charge in [0.2, 0.25) is 0 Å². The van der Waals surface area contributed by atoms with Crippen molar-refractivity contribution in [3.05, 3.63) is 0 Å². The Bertz CT molecular complexity index is 33.0. The molecule has 0 N–H and O–H groups in total. The van der Waals surface area contributed by atoms with Crippen molar-refractivity contribution in [2.24, 2.45) is 0 Å². The number of hydrogen-bond acceptors (Lipinski definition) is 1. The maximum absolute atomic E-state index is 7.38. The minimum absolute atomic E-state index is 0. The average Bonchev–Trinajstić information content (AvgIpc) is 0.918. The molecule has 0 heterocycles. The van der Waals surface area contributed by atoms with Gasteiger partial charge in [0.25, 0.3) is 0 Å². The van der Waals surface area contributed by atoms with E-state index in [1.807, 2.05) is 4.66 Å². The van der Waals surface area contributed by atoms with Gasteiger partial charge in [-0.3, -0.25) is 0 Å². The van der Waals surface area contributed by atoms with E-state index in [2.05, 4.69) is 0 Å². The molecule has 0 amide bonds. The van der Waals surface area contributed by atoms with E-state index in [1.165, 1.54) is 0 Å². The van der Waals surface area contributed by atoms with Gasteiger partial charge in [-0.25, -0.2) is 0 Å². The molecule has 1 nitrogen and oxygen atoms in total. The van der Waals surface area contributed by atoms with Crippen LogP contribution < -0.4 is 0 Å². The Hall–Kier alpha value is 1.24. The van der Waals surface area contributed by atoms with Gasteiger partial charge >= 0.3 is 28.2 Å². The summed E-state index contributed by atoms with van der Waals surface area (Å²) in [6, 6.07) is 0. The van der Waals surface area contributed by atoms with Crippen molar-refractivity contribution in [3.8, 4) is 4.66 Å². The molecule has 0 spiro atoms. The monoisotopic (exact) mass is 229 g/mol. The summed E-state index contributed by atoms with van der Waals surface area (Å²) < 4.78 is 1.88. The summed E-state index contributed by atoms with van der Waals surface area (Å²) in [5.74, 6) is 0. The zero-order chi connectivity index (χ0) is 2.71. The molecule has 0 aromatic heterocycles. The van der Waals surface area contributed by atoms with E-state index in [0.717, 1.165) is 18.3 Å². The van der Waals surface area contributed by atoms with Crippen LogP contribution in [-0.4, -0.2) is 0 Å². The Balaban J connectivity index is -0.00000000667. The second kappa shape index (κ2) is 34.1. The minimum Gasteiger partial charge on any atom is 0 e. The van der Waals surface area contributed by atoms with E-state index in [1.54, 1.807) is 0 Å². The van der Waals surface area contributed by atoms with Crippen LogP contribution in [-0.2, 0) is 54.6 Å². The summed E-state index contributed by atoms with van der Waals surface area (Å²) >= 11 is 0.750. The minimum atomic E-state index is 0. The van der Waals surface area contributed by atoms with E-state index in [9.17, 15) is 0 Å². The number of nitrogens with zero attached hydrogens (tertiary/aromatic N) is 1. The predicted octanol–water partition coefficient (Wildman–Crippen LogP) is 0.645. The zero-order valence-electron chi connectivity index (χ0n) is 2.69. The second-order valence-electron chi connectivity index (χ2n) is 0.158. The maximum Gasteiger partial charge on any atom is 0 e. The number of nitriles is 1. The van der Waals surface area contributed by atoms with Crippen LogP contribution in [0.2, 0.25) is 0 Å². The summed E-state index contributed by atoms with van der Waals surface area (Å²) in [6.45, 7) is 0. The Morgan fingerprint density at radius 1 is 1.50 bits per heavy atom. The standard InChI is InChI=1S/CN.CH4.Co.2Zn/c1-2;;;;/h;1H4;;;. The molecule has 0 fully saturated rings. The molecule has 4 heteroatoms. The average molecular weight is 232 g/mol. The van der Waals surface area contributed by atoms with E-state index in [4.69, 9.17) is 5.26 Å². The van der Waals surface area contributed by atoms with E-state index in [-0.39, 0.29) is 43.7 Å². The Morgan fingerprint density at radius 2 is 1.50 bits per heavy atom. The first kappa shape index (κ1) is 26.8. The molecular formula is C2H4CoNZn2. The SMILES string of the molecule is C.N#[C][Zn].[Co].[Zn]. The van der Waals surface area contributed by atoms with Crippen molar-refractivity contribution in [2.75, 3.05) is 0 Å². The molecule has 0 rings (SSSR count). The van der Waals surface area contributed by atoms with Crippen LogP contribution in [0.15, 0.2) is 0 Å². The topological polar surface area (TPSA) is 23.8 Å². The van der Waals surface area contributed by atoms with Crippen LogP contribution in [0.25, 0.3) is 0 Å². The van der Waals surface area contributed by atoms with Crippen LogP contribution in [0.4, 0.5) is 0 Å². The fourth-order valence-electron chi connectivity index (χ4n) is 0. The van der Waals surface area contributed by atoms with Crippen molar-refractivity contribution in [2.45, 2.75) is 7.43 Å². The molecule has 1 radical (unpaired) electrons. The summed E-state index contributed by atoms with van der Waals surface area (Å²) in [7, 11) is 0. The first-order chi connectivity index (χ1) is 1.41. The third-order valence-corrected chi connectivity index (χ3v) is 0. The van der Waals surface area contributed by atoms with Crippen molar-refractivity contribution >= 4 is 0 Å². The summed E-state index contributed by atoms with van der Waals surface area (Å²) in [6.07, 6.45) is 0. The Kier molecular flexibility index (Phi) is 153. The third kappa shape index (κ3) is 61.1. The van der Waals surface area contributed by atoms with Gasteiger partial charge in [-0.2, -0.15) is 0 Å². The molecule has 0 unspecified atom stereocenters. The van der Waals surface area contributed by atoms with Gasteiger partial charge in [-0.15, -0.1) is 0 Å². The van der Waals surface area contributed by atoms with Gasteiger partial charge in [-0.1, -0.05) is 7.43 Å². The van der Waals surface area contributed by atoms with Gasteiger partial charge in [0.15, 0.2) is 0 Å². The van der Waals surface area contributed by atoms with Gasteiger partial charge in [0.05, 0.1) is 0 Å². The molecule has 0 aromatic carbocycles. The molecule has 0 saturated carbocycles. The van der Waals surface area contributed by atoms with Gasteiger partial charge in [0, 0.05) is 36.3 Å². The molecule has 30 valence electrons. The van der Waals surface area contributed by atoms with E-state index < -0.39 is 0 Å². The fraction of sp³-hybridized carbons (Fsp3) is 0.500. The predicted molar refractivity (Wildman–Crippen MR) is 12.3 cm³/mol. The van der Waals surface area contributed by atoms with Crippen LogP contribution in [0, 0.1) is 9.93 Å². The molecule has 0 bridgehead atoms. The first-order valence-electron chi connectivity index (χ1n) is 0.577. The van der Waals surface area contributed by atoms with E-state index in [0.29, 0.717) is 0 Å². The van der Waals surface area contributed by atoms with Gasteiger partial charge in [-0.05, 0) is 0 Å². The smallest absolute Gasteiger partial charge is 0 e. The van der Waals surface area contributed by atoms with Crippen molar-refractivity contribution < 1.29 is 54.6 Å².